The average molecular weight is 322 g/mol. The van der Waals surface area contributed by atoms with Gasteiger partial charge in [0.25, 0.3) is 0 Å². The molecule has 0 amide bonds. The highest BCUT2D eigenvalue weighted by molar-refractivity contribution is 4.98. The molecular weight excluding hydrogens is 310 g/mol. The quantitative estimate of drug-likeness (QED) is 0.527. The first-order valence-electron chi connectivity index (χ1n) is 5.50. The van der Waals surface area contributed by atoms with Crippen molar-refractivity contribution in [3.05, 3.63) is 0 Å². The molecule has 0 radical (unpaired) electrons. The minimum atomic E-state index is -6.42. The summed E-state index contributed by atoms with van der Waals surface area (Å²) in [6, 6.07) is 0. The molecule has 0 fully saturated rings. The summed E-state index contributed by atoms with van der Waals surface area (Å²) in [6.07, 6.45) is -10.2. The Kier molecular flexibility index (Phi) is 5.76. The average Bonchev–Trinajstić information content (AvgIpc) is 2.26. The van der Waals surface area contributed by atoms with Gasteiger partial charge < -0.3 is 0 Å². The monoisotopic (exact) mass is 322 g/mol. The first-order valence-corrected chi connectivity index (χ1v) is 5.50. The van der Waals surface area contributed by atoms with Gasteiger partial charge in [-0.2, -0.15) is 26.3 Å². The lowest BCUT2D eigenvalue weighted by Crippen LogP contribution is -2.57. The lowest BCUT2D eigenvalue weighted by Gasteiger charge is -2.33. The number of hydrogen-bond donors (Lipinski definition) is 0. The summed E-state index contributed by atoms with van der Waals surface area (Å²) in [5.41, 5.74) is 0. The van der Waals surface area contributed by atoms with Crippen molar-refractivity contribution >= 4 is 0 Å². The van der Waals surface area contributed by atoms with Gasteiger partial charge in [0.2, 0.25) is 5.92 Å². The van der Waals surface area contributed by atoms with E-state index in [4.69, 9.17) is 0 Å². The first kappa shape index (κ1) is 19.3. The Morgan fingerprint density at radius 3 is 1.55 bits per heavy atom. The molecule has 122 valence electrons. The van der Waals surface area contributed by atoms with Gasteiger partial charge in [-0.3, -0.25) is 0 Å². The van der Waals surface area contributed by atoms with Crippen LogP contribution in [0.4, 0.5) is 43.9 Å². The van der Waals surface area contributed by atoms with Gasteiger partial charge in [-0.15, -0.1) is 0 Å². The van der Waals surface area contributed by atoms with Crippen LogP contribution < -0.4 is 0 Å². The number of halogens is 10. The van der Waals surface area contributed by atoms with E-state index in [1.165, 1.54) is 6.92 Å². The van der Waals surface area contributed by atoms with Crippen LogP contribution in [0.3, 0.4) is 0 Å². The molecule has 0 saturated heterocycles. The highest BCUT2D eigenvalue weighted by Gasteiger charge is 2.75. The Morgan fingerprint density at radius 2 is 1.20 bits per heavy atom. The van der Waals surface area contributed by atoms with Crippen LogP contribution in [0.5, 0.6) is 0 Å². The molecule has 0 N–H and O–H groups in total. The van der Waals surface area contributed by atoms with Crippen molar-refractivity contribution in [1.82, 2.24) is 0 Å². The van der Waals surface area contributed by atoms with Crippen molar-refractivity contribution in [3.63, 3.8) is 0 Å². The summed E-state index contributed by atoms with van der Waals surface area (Å²) in [6.45, 7) is 1.27. The summed E-state index contributed by atoms with van der Waals surface area (Å²) in [4.78, 5) is 0. The summed E-state index contributed by atoms with van der Waals surface area (Å²) >= 11 is 0. The highest BCUT2D eigenvalue weighted by atomic mass is 19.4. The topological polar surface area (TPSA) is 0 Å². The molecule has 10 heteroatoms. The number of alkyl halides is 10. The summed E-state index contributed by atoms with van der Waals surface area (Å²) in [7, 11) is 0. The van der Waals surface area contributed by atoms with Gasteiger partial charge in [0, 0.05) is 19.3 Å². The molecule has 0 nitrogen and oxygen atoms in total. The summed E-state index contributed by atoms with van der Waals surface area (Å²) in [5, 5.41) is 0. The van der Waals surface area contributed by atoms with E-state index in [0.717, 1.165) is 0 Å². The second kappa shape index (κ2) is 5.97. The predicted octanol–water partition coefficient (Wildman–Crippen LogP) is 5.37. The molecule has 0 aromatic carbocycles. The molecule has 0 unspecified atom stereocenters. The summed E-state index contributed by atoms with van der Waals surface area (Å²) in [5.74, 6) is -22.2. The van der Waals surface area contributed by atoms with Crippen LogP contribution in [0.2, 0.25) is 0 Å². The maximum absolute atomic E-state index is 12.9. The van der Waals surface area contributed by atoms with Gasteiger partial charge >= 0.3 is 24.2 Å². The van der Waals surface area contributed by atoms with Crippen molar-refractivity contribution in [3.8, 4) is 0 Å². The molecule has 0 aliphatic carbocycles. The van der Waals surface area contributed by atoms with E-state index in [0.29, 0.717) is 0 Å². The molecule has 0 aliphatic heterocycles. The fourth-order valence-corrected chi connectivity index (χ4v) is 1.37. The Morgan fingerprint density at radius 1 is 0.750 bits per heavy atom. The van der Waals surface area contributed by atoms with Gasteiger partial charge in [0.15, 0.2) is 0 Å². The lowest BCUT2D eigenvalue weighted by atomic mass is 9.97. The maximum Gasteiger partial charge on any atom is 0.377 e. The maximum atomic E-state index is 12.9. The fourth-order valence-electron chi connectivity index (χ4n) is 1.37. The molecule has 0 aliphatic rings. The number of rotatable bonds is 8. The van der Waals surface area contributed by atoms with Crippen molar-refractivity contribution in [2.24, 2.45) is 0 Å². The van der Waals surface area contributed by atoms with Gasteiger partial charge in [0.1, 0.15) is 0 Å². The Labute approximate surface area is 108 Å². The SMILES string of the molecule is CCCC(F)(F)CCC(F)(F)C(F)(F)C(F)(F)C(F)F. The third-order valence-electron chi connectivity index (χ3n) is 2.57. The molecule has 0 saturated carbocycles. The van der Waals surface area contributed by atoms with E-state index in [1.54, 1.807) is 0 Å². The highest BCUT2D eigenvalue weighted by Crippen LogP contribution is 2.51. The van der Waals surface area contributed by atoms with Gasteiger partial charge in [0.05, 0.1) is 0 Å². The Bertz CT molecular complexity index is 309. The van der Waals surface area contributed by atoms with E-state index in [-0.39, 0.29) is 6.42 Å². The van der Waals surface area contributed by atoms with E-state index in [1.807, 2.05) is 0 Å². The molecule has 0 aromatic rings. The van der Waals surface area contributed by atoms with Crippen molar-refractivity contribution in [2.45, 2.75) is 62.7 Å². The third-order valence-corrected chi connectivity index (χ3v) is 2.57. The Hall–Kier alpha value is -0.700. The van der Waals surface area contributed by atoms with Crippen LogP contribution in [-0.4, -0.2) is 30.1 Å². The van der Waals surface area contributed by atoms with Crippen LogP contribution in [0.15, 0.2) is 0 Å². The van der Waals surface area contributed by atoms with Crippen molar-refractivity contribution < 1.29 is 43.9 Å². The molecule has 20 heavy (non-hydrogen) atoms. The van der Waals surface area contributed by atoms with Crippen molar-refractivity contribution in [1.29, 1.82) is 0 Å². The summed E-state index contributed by atoms with van der Waals surface area (Å²) < 4.78 is 125. The van der Waals surface area contributed by atoms with Crippen LogP contribution in [0.1, 0.15) is 32.6 Å². The van der Waals surface area contributed by atoms with E-state index in [9.17, 15) is 43.9 Å². The predicted molar refractivity (Wildman–Crippen MR) is 49.9 cm³/mol. The zero-order chi connectivity index (χ0) is 16.4. The molecule has 0 heterocycles. The smallest absolute Gasteiger partial charge is 0.207 e. The molecule has 0 aromatic heterocycles. The second-order valence-electron chi connectivity index (χ2n) is 4.31. The van der Waals surface area contributed by atoms with E-state index in [2.05, 4.69) is 0 Å². The van der Waals surface area contributed by atoms with Crippen molar-refractivity contribution in [2.75, 3.05) is 0 Å². The minimum absolute atomic E-state index is 0.151. The van der Waals surface area contributed by atoms with E-state index >= 15 is 0 Å². The van der Waals surface area contributed by atoms with Gasteiger partial charge in [-0.25, -0.2) is 17.6 Å². The van der Waals surface area contributed by atoms with Crippen LogP contribution in [0.25, 0.3) is 0 Å². The third kappa shape index (κ3) is 3.91. The number of hydrogen-bond acceptors (Lipinski definition) is 0. The Balaban J connectivity index is 5.04. The van der Waals surface area contributed by atoms with Gasteiger partial charge in [-0.05, 0) is 0 Å². The molecule has 0 spiro atoms. The van der Waals surface area contributed by atoms with E-state index < -0.39 is 49.4 Å². The normalized spacial score (nSPS) is 15.0. The molecule has 0 rings (SSSR count). The minimum Gasteiger partial charge on any atom is -0.207 e. The van der Waals surface area contributed by atoms with Crippen LogP contribution in [-0.2, 0) is 0 Å². The lowest BCUT2D eigenvalue weighted by molar-refractivity contribution is -0.341. The zero-order valence-corrected chi connectivity index (χ0v) is 10.2. The second-order valence-corrected chi connectivity index (χ2v) is 4.31. The molecule has 0 atom stereocenters. The fraction of sp³-hybridized carbons (Fsp3) is 1.00. The largest absolute Gasteiger partial charge is 0.377 e. The first-order chi connectivity index (χ1) is 8.71. The van der Waals surface area contributed by atoms with Crippen LogP contribution in [0, 0.1) is 0 Å². The van der Waals surface area contributed by atoms with Gasteiger partial charge in [-0.1, -0.05) is 13.3 Å². The zero-order valence-electron chi connectivity index (χ0n) is 10.2. The molecule has 0 bridgehead atoms. The standard InChI is InChI=1S/C10H12F10/c1-2-3-7(13,14)4-5-8(15,16)10(19,20)9(17,18)6(11)12/h6H,2-5H2,1H3. The van der Waals surface area contributed by atoms with Crippen LogP contribution >= 0.6 is 0 Å². The molecular formula is C10H12F10.